The summed E-state index contributed by atoms with van der Waals surface area (Å²) in [6, 6.07) is 7.48. The Morgan fingerprint density at radius 1 is 1.33 bits per heavy atom. The maximum Gasteiger partial charge on any atom is 0.121 e. The van der Waals surface area contributed by atoms with Crippen LogP contribution in [0.1, 0.15) is 20.8 Å². The van der Waals surface area contributed by atoms with Gasteiger partial charge in [-0.1, -0.05) is 6.07 Å². The summed E-state index contributed by atoms with van der Waals surface area (Å²) in [4.78, 5) is 0. The second kappa shape index (κ2) is 5.03. The van der Waals surface area contributed by atoms with Gasteiger partial charge in [-0.15, -0.1) is 0 Å². The van der Waals surface area contributed by atoms with Gasteiger partial charge in [0.15, 0.2) is 0 Å². The van der Waals surface area contributed by atoms with Gasteiger partial charge in [-0.3, -0.25) is 0 Å². The number of hydrogen-bond donors (Lipinski definition) is 2. The number of nitrogen functional groups attached to an aromatic ring is 1. The average molecular weight is 208 g/mol. The molecule has 1 rings (SSSR count). The van der Waals surface area contributed by atoms with Crippen LogP contribution in [0, 0.1) is 0 Å². The van der Waals surface area contributed by atoms with E-state index in [1.54, 1.807) is 0 Å². The van der Waals surface area contributed by atoms with Gasteiger partial charge in [0.1, 0.15) is 12.4 Å². The van der Waals surface area contributed by atoms with Crippen molar-refractivity contribution in [2.75, 3.05) is 18.9 Å². The lowest BCUT2D eigenvalue weighted by molar-refractivity contribution is 0.291. The van der Waals surface area contributed by atoms with Crippen LogP contribution >= 0.6 is 0 Å². The quantitative estimate of drug-likeness (QED) is 0.588. The van der Waals surface area contributed by atoms with Gasteiger partial charge in [-0.2, -0.15) is 0 Å². The molecule has 1 aromatic carbocycles. The van der Waals surface area contributed by atoms with Crippen LogP contribution in [0.3, 0.4) is 0 Å². The van der Waals surface area contributed by atoms with Gasteiger partial charge in [-0.25, -0.2) is 0 Å². The summed E-state index contributed by atoms with van der Waals surface area (Å²) in [6.07, 6.45) is 0. The molecule has 0 atom stereocenters. The first-order valence-corrected chi connectivity index (χ1v) is 5.21. The fraction of sp³-hybridized carbons (Fsp3) is 0.500. The van der Waals surface area contributed by atoms with Crippen molar-refractivity contribution >= 4 is 5.69 Å². The molecule has 15 heavy (non-hydrogen) atoms. The van der Waals surface area contributed by atoms with Crippen molar-refractivity contribution in [1.29, 1.82) is 0 Å². The molecule has 0 spiro atoms. The molecule has 0 bridgehead atoms. The first kappa shape index (κ1) is 11.9. The third kappa shape index (κ3) is 5.27. The summed E-state index contributed by atoms with van der Waals surface area (Å²) < 4.78 is 5.54. The van der Waals surface area contributed by atoms with Crippen LogP contribution in [0.2, 0.25) is 0 Å². The van der Waals surface area contributed by atoms with Crippen LogP contribution < -0.4 is 15.8 Å². The van der Waals surface area contributed by atoms with Crippen LogP contribution in [-0.2, 0) is 0 Å². The summed E-state index contributed by atoms with van der Waals surface area (Å²) >= 11 is 0. The lowest BCUT2D eigenvalue weighted by atomic mass is 10.1. The Hall–Kier alpha value is -1.22. The zero-order valence-corrected chi connectivity index (χ0v) is 9.71. The number of anilines is 1. The van der Waals surface area contributed by atoms with E-state index >= 15 is 0 Å². The number of benzene rings is 1. The Kier molecular flexibility index (Phi) is 3.97. The fourth-order valence-corrected chi connectivity index (χ4v) is 1.20. The normalized spacial score (nSPS) is 11.4. The molecular formula is C12H20N2O. The molecule has 84 valence electrons. The third-order valence-electron chi connectivity index (χ3n) is 1.88. The lowest BCUT2D eigenvalue weighted by Gasteiger charge is -2.20. The molecule has 1 aromatic rings. The maximum atomic E-state index is 5.64. The number of hydrogen-bond acceptors (Lipinski definition) is 3. The second-order valence-electron chi connectivity index (χ2n) is 4.60. The molecule has 0 radical (unpaired) electrons. The number of nitrogens with one attached hydrogen (secondary N) is 1. The molecule has 3 nitrogen and oxygen atoms in total. The Labute approximate surface area is 91.6 Å². The van der Waals surface area contributed by atoms with Gasteiger partial charge in [0.05, 0.1) is 0 Å². The van der Waals surface area contributed by atoms with E-state index in [9.17, 15) is 0 Å². The highest BCUT2D eigenvalue weighted by Gasteiger charge is 2.07. The van der Waals surface area contributed by atoms with Gasteiger partial charge in [0, 0.05) is 23.8 Å². The van der Waals surface area contributed by atoms with Gasteiger partial charge in [-0.05, 0) is 32.9 Å². The second-order valence-corrected chi connectivity index (χ2v) is 4.60. The Morgan fingerprint density at radius 3 is 2.67 bits per heavy atom. The van der Waals surface area contributed by atoms with E-state index in [4.69, 9.17) is 10.5 Å². The van der Waals surface area contributed by atoms with Crippen molar-refractivity contribution in [1.82, 2.24) is 5.32 Å². The van der Waals surface area contributed by atoms with Crippen molar-refractivity contribution in [3.05, 3.63) is 24.3 Å². The summed E-state index contributed by atoms with van der Waals surface area (Å²) in [6.45, 7) is 7.88. The van der Waals surface area contributed by atoms with E-state index in [-0.39, 0.29) is 5.54 Å². The van der Waals surface area contributed by atoms with E-state index in [0.717, 1.165) is 18.0 Å². The number of nitrogens with two attached hydrogens (primary N) is 1. The first-order chi connectivity index (χ1) is 6.97. The molecule has 0 fully saturated rings. The molecule has 0 amide bonds. The van der Waals surface area contributed by atoms with Crippen LogP contribution in [0.15, 0.2) is 24.3 Å². The Bertz CT molecular complexity index is 305. The first-order valence-electron chi connectivity index (χ1n) is 5.21. The minimum absolute atomic E-state index is 0.138. The van der Waals surface area contributed by atoms with Gasteiger partial charge in [0.2, 0.25) is 0 Å². The molecule has 0 aliphatic heterocycles. The van der Waals surface area contributed by atoms with E-state index in [1.807, 2.05) is 24.3 Å². The monoisotopic (exact) mass is 208 g/mol. The van der Waals surface area contributed by atoms with Crippen LogP contribution in [0.25, 0.3) is 0 Å². The smallest absolute Gasteiger partial charge is 0.121 e. The van der Waals surface area contributed by atoms with Crippen molar-refractivity contribution in [2.45, 2.75) is 26.3 Å². The molecule has 3 heteroatoms. The molecule has 0 aromatic heterocycles. The lowest BCUT2D eigenvalue weighted by Crippen LogP contribution is -2.38. The van der Waals surface area contributed by atoms with E-state index in [0.29, 0.717) is 6.61 Å². The predicted octanol–water partition coefficient (Wildman–Crippen LogP) is 2.04. The Morgan fingerprint density at radius 2 is 2.07 bits per heavy atom. The summed E-state index contributed by atoms with van der Waals surface area (Å²) in [7, 11) is 0. The van der Waals surface area contributed by atoms with Gasteiger partial charge in [0.25, 0.3) is 0 Å². The molecule has 0 saturated heterocycles. The number of rotatable bonds is 4. The average Bonchev–Trinajstić information content (AvgIpc) is 2.11. The van der Waals surface area contributed by atoms with Crippen molar-refractivity contribution in [3.63, 3.8) is 0 Å². The summed E-state index contributed by atoms with van der Waals surface area (Å²) in [5, 5.41) is 3.35. The predicted molar refractivity (Wildman–Crippen MR) is 64.1 cm³/mol. The highest BCUT2D eigenvalue weighted by molar-refractivity contribution is 5.43. The third-order valence-corrected chi connectivity index (χ3v) is 1.88. The summed E-state index contributed by atoms with van der Waals surface area (Å²) in [5.41, 5.74) is 6.51. The van der Waals surface area contributed by atoms with E-state index < -0.39 is 0 Å². The zero-order chi connectivity index (χ0) is 11.3. The highest BCUT2D eigenvalue weighted by Crippen LogP contribution is 2.13. The van der Waals surface area contributed by atoms with E-state index in [2.05, 4.69) is 26.1 Å². The minimum Gasteiger partial charge on any atom is -0.492 e. The van der Waals surface area contributed by atoms with Gasteiger partial charge < -0.3 is 15.8 Å². The van der Waals surface area contributed by atoms with Crippen molar-refractivity contribution in [2.24, 2.45) is 0 Å². The minimum atomic E-state index is 0.138. The molecule has 0 unspecified atom stereocenters. The zero-order valence-electron chi connectivity index (χ0n) is 9.71. The summed E-state index contributed by atoms with van der Waals surface area (Å²) in [5.74, 6) is 0.825. The van der Waals surface area contributed by atoms with E-state index in [1.165, 1.54) is 0 Å². The maximum absolute atomic E-state index is 5.64. The molecule has 0 aliphatic rings. The number of ether oxygens (including phenoxy) is 1. The fourth-order valence-electron chi connectivity index (χ4n) is 1.20. The van der Waals surface area contributed by atoms with Crippen molar-refractivity contribution in [3.8, 4) is 5.75 Å². The van der Waals surface area contributed by atoms with Crippen LogP contribution in [0.5, 0.6) is 5.75 Å². The standard InChI is InChI=1S/C12H20N2O/c1-12(2,3)14-7-8-15-11-6-4-5-10(13)9-11/h4-6,9,14H,7-8,13H2,1-3H3. The van der Waals surface area contributed by atoms with Gasteiger partial charge >= 0.3 is 0 Å². The van der Waals surface area contributed by atoms with Crippen molar-refractivity contribution < 1.29 is 4.74 Å². The molecule has 3 N–H and O–H groups in total. The molecule has 0 aliphatic carbocycles. The largest absolute Gasteiger partial charge is 0.492 e. The molecule has 0 heterocycles. The highest BCUT2D eigenvalue weighted by atomic mass is 16.5. The van der Waals surface area contributed by atoms with Crippen LogP contribution in [-0.4, -0.2) is 18.7 Å². The topological polar surface area (TPSA) is 47.3 Å². The molecule has 0 saturated carbocycles. The van der Waals surface area contributed by atoms with Crippen LogP contribution in [0.4, 0.5) is 5.69 Å². The molecular weight excluding hydrogens is 188 g/mol. The SMILES string of the molecule is CC(C)(C)NCCOc1cccc(N)c1. The Balaban J connectivity index is 2.26.